The molecule has 2 heterocycles. The number of aromatic nitrogens is 2. The summed E-state index contributed by atoms with van der Waals surface area (Å²) < 4.78 is 7.09. The highest BCUT2D eigenvalue weighted by atomic mass is 16.6. The van der Waals surface area contributed by atoms with Gasteiger partial charge in [0, 0.05) is 26.1 Å². The topological polar surface area (TPSA) is 85.8 Å². The highest BCUT2D eigenvalue weighted by molar-refractivity contribution is 5.87. The summed E-state index contributed by atoms with van der Waals surface area (Å²) in [6, 6.07) is 0. The largest absolute Gasteiger partial charge is 0.408 e. The van der Waals surface area contributed by atoms with Crippen molar-refractivity contribution >= 4 is 17.5 Å². The lowest BCUT2D eigenvalue weighted by atomic mass is 9.97. The van der Waals surface area contributed by atoms with Gasteiger partial charge in [-0.1, -0.05) is 25.7 Å². The number of imidazole rings is 1. The lowest BCUT2D eigenvalue weighted by Gasteiger charge is -2.33. The van der Waals surface area contributed by atoms with E-state index in [1.807, 2.05) is 0 Å². The highest BCUT2D eigenvalue weighted by Gasteiger charge is 2.28. The van der Waals surface area contributed by atoms with Crippen molar-refractivity contribution < 1.29 is 9.66 Å². The first kappa shape index (κ1) is 16.9. The molecule has 2 fully saturated rings. The Kier molecular flexibility index (Phi) is 5.44. The molecule has 1 aliphatic heterocycles. The van der Waals surface area contributed by atoms with Gasteiger partial charge in [0.15, 0.2) is 0 Å². The van der Waals surface area contributed by atoms with Crippen molar-refractivity contribution in [3.8, 4) is 0 Å². The average molecular weight is 335 g/mol. The van der Waals surface area contributed by atoms with E-state index in [1.54, 1.807) is 11.6 Å². The summed E-state index contributed by atoms with van der Waals surface area (Å²) in [7, 11) is 1.75. The van der Waals surface area contributed by atoms with Crippen LogP contribution < -0.4 is 0 Å². The number of aryl methyl sites for hydroxylation is 1. The van der Waals surface area contributed by atoms with E-state index in [2.05, 4.69) is 9.88 Å². The summed E-state index contributed by atoms with van der Waals surface area (Å²) in [5.74, 6) is 1.51. The molecule has 0 radical (unpaired) electrons. The SMILES string of the molecule is Cn1cnc([N+](=O)[O-])c1/N=C(/C1CCCCCC1)N1CCOCC1. The molecule has 3 rings (SSSR count). The standard InChI is InChI=1S/C16H25N5O3/c1-19-12-17-15(21(22)23)16(19)18-14(20-8-10-24-11-9-20)13-6-4-2-3-5-7-13/h12-13H,2-11H2,1H3/b18-14-. The molecule has 132 valence electrons. The lowest BCUT2D eigenvalue weighted by Crippen LogP contribution is -2.43. The van der Waals surface area contributed by atoms with Crippen LogP contribution in [0.25, 0.3) is 0 Å². The number of amidine groups is 1. The smallest absolute Gasteiger partial charge is 0.378 e. The van der Waals surface area contributed by atoms with Gasteiger partial charge in [-0.2, -0.15) is 0 Å². The molecule has 1 saturated carbocycles. The quantitative estimate of drug-likeness (QED) is 0.279. The Balaban J connectivity index is 1.96. The van der Waals surface area contributed by atoms with Crippen molar-refractivity contribution in [2.24, 2.45) is 18.0 Å². The minimum Gasteiger partial charge on any atom is -0.378 e. The second-order valence-electron chi connectivity index (χ2n) is 6.52. The van der Waals surface area contributed by atoms with Crippen LogP contribution in [0.2, 0.25) is 0 Å². The normalized spacial score (nSPS) is 20.9. The van der Waals surface area contributed by atoms with Crippen LogP contribution in [-0.2, 0) is 11.8 Å². The maximum atomic E-state index is 11.3. The first-order valence-corrected chi connectivity index (χ1v) is 8.74. The monoisotopic (exact) mass is 335 g/mol. The van der Waals surface area contributed by atoms with Crippen molar-refractivity contribution in [2.45, 2.75) is 38.5 Å². The Labute approximate surface area is 141 Å². The Bertz CT molecular complexity index is 599. The molecule has 0 spiro atoms. The second kappa shape index (κ2) is 7.74. The molecule has 0 aromatic carbocycles. The van der Waals surface area contributed by atoms with Gasteiger partial charge in [0.05, 0.1) is 13.2 Å². The van der Waals surface area contributed by atoms with Gasteiger partial charge in [-0.25, -0.2) is 4.99 Å². The van der Waals surface area contributed by atoms with E-state index in [4.69, 9.17) is 9.73 Å². The number of aliphatic imine (C=N–C) groups is 1. The molecule has 1 saturated heterocycles. The molecule has 8 heteroatoms. The molecule has 8 nitrogen and oxygen atoms in total. The molecule has 0 N–H and O–H groups in total. The fourth-order valence-electron chi connectivity index (χ4n) is 3.53. The number of nitro groups is 1. The molecule has 0 atom stereocenters. The maximum Gasteiger partial charge on any atom is 0.408 e. The van der Waals surface area contributed by atoms with Crippen molar-refractivity contribution in [2.75, 3.05) is 26.3 Å². The van der Waals surface area contributed by atoms with Crippen molar-refractivity contribution in [1.29, 1.82) is 0 Å². The first-order chi connectivity index (χ1) is 11.7. The third-order valence-corrected chi connectivity index (χ3v) is 4.84. The number of nitrogens with zero attached hydrogens (tertiary/aromatic N) is 5. The molecule has 2 aliphatic rings. The maximum absolute atomic E-state index is 11.3. The third kappa shape index (κ3) is 3.75. The second-order valence-corrected chi connectivity index (χ2v) is 6.52. The van der Waals surface area contributed by atoms with Gasteiger partial charge in [-0.05, 0) is 22.7 Å². The van der Waals surface area contributed by atoms with Crippen LogP contribution in [-0.4, -0.2) is 51.5 Å². The number of rotatable bonds is 3. The molecule has 24 heavy (non-hydrogen) atoms. The summed E-state index contributed by atoms with van der Waals surface area (Å²) in [6.45, 7) is 2.94. The Morgan fingerprint density at radius 2 is 1.96 bits per heavy atom. The van der Waals surface area contributed by atoms with Gasteiger partial charge in [-0.15, -0.1) is 0 Å². The zero-order valence-corrected chi connectivity index (χ0v) is 14.2. The highest BCUT2D eigenvalue weighted by Crippen LogP contribution is 2.30. The van der Waals surface area contributed by atoms with Crippen molar-refractivity contribution in [1.82, 2.24) is 14.5 Å². The van der Waals surface area contributed by atoms with Crippen LogP contribution in [0.5, 0.6) is 0 Å². The first-order valence-electron chi connectivity index (χ1n) is 8.74. The van der Waals surface area contributed by atoms with E-state index >= 15 is 0 Å². The number of hydrogen-bond acceptors (Lipinski definition) is 5. The average Bonchev–Trinajstić information content (AvgIpc) is 2.79. The van der Waals surface area contributed by atoms with Crippen LogP contribution in [0.3, 0.4) is 0 Å². The zero-order chi connectivity index (χ0) is 16.9. The van der Waals surface area contributed by atoms with E-state index in [-0.39, 0.29) is 5.82 Å². The van der Waals surface area contributed by atoms with Gasteiger partial charge in [0.25, 0.3) is 0 Å². The predicted octanol–water partition coefficient (Wildman–Crippen LogP) is 2.66. The number of ether oxygens (including phenoxy) is 1. The molecule has 0 bridgehead atoms. The molecule has 1 aliphatic carbocycles. The number of hydrogen-bond donors (Lipinski definition) is 0. The Morgan fingerprint density at radius 1 is 1.29 bits per heavy atom. The van der Waals surface area contributed by atoms with E-state index in [0.717, 1.165) is 31.8 Å². The van der Waals surface area contributed by atoms with Gasteiger partial charge in [0.1, 0.15) is 5.84 Å². The summed E-state index contributed by atoms with van der Waals surface area (Å²) >= 11 is 0. The third-order valence-electron chi connectivity index (χ3n) is 4.84. The zero-order valence-electron chi connectivity index (χ0n) is 14.2. The van der Waals surface area contributed by atoms with Crippen LogP contribution in [0.4, 0.5) is 11.6 Å². The summed E-state index contributed by atoms with van der Waals surface area (Å²) in [4.78, 5) is 21.7. The van der Waals surface area contributed by atoms with Crippen LogP contribution in [0.1, 0.15) is 38.5 Å². The van der Waals surface area contributed by atoms with Crippen LogP contribution >= 0.6 is 0 Å². The predicted molar refractivity (Wildman–Crippen MR) is 90.5 cm³/mol. The van der Waals surface area contributed by atoms with Gasteiger partial charge in [-0.3, -0.25) is 4.57 Å². The molecular weight excluding hydrogens is 310 g/mol. The van der Waals surface area contributed by atoms with Gasteiger partial charge < -0.3 is 19.8 Å². The fourth-order valence-corrected chi connectivity index (χ4v) is 3.53. The van der Waals surface area contributed by atoms with E-state index in [0.29, 0.717) is 24.9 Å². The fraction of sp³-hybridized carbons (Fsp3) is 0.750. The molecule has 1 aromatic heterocycles. The number of morpholine rings is 1. The molecule has 0 amide bonds. The Hall–Kier alpha value is -1.96. The van der Waals surface area contributed by atoms with Gasteiger partial charge in [0.2, 0.25) is 12.1 Å². The molecule has 1 aromatic rings. The Morgan fingerprint density at radius 3 is 2.58 bits per heavy atom. The van der Waals surface area contributed by atoms with Crippen LogP contribution in [0.15, 0.2) is 11.3 Å². The van der Waals surface area contributed by atoms with Crippen molar-refractivity contribution in [3.63, 3.8) is 0 Å². The van der Waals surface area contributed by atoms with Crippen LogP contribution in [0, 0.1) is 16.0 Å². The van der Waals surface area contributed by atoms with E-state index in [9.17, 15) is 10.1 Å². The lowest BCUT2D eigenvalue weighted by molar-refractivity contribution is -0.388. The summed E-state index contributed by atoms with van der Waals surface area (Å²) in [6.07, 6.45) is 8.57. The minimum atomic E-state index is -0.455. The van der Waals surface area contributed by atoms with E-state index < -0.39 is 4.92 Å². The summed E-state index contributed by atoms with van der Waals surface area (Å²) in [5, 5.41) is 11.3. The van der Waals surface area contributed by atoms with Gasteiger partial charge >= 0.3 is 5.82 Å². The van der Waals surface area contributed by atoms with E-state index in [1.165, 1.54) is 32.0 Å². The molecular formula is C16H25N5O3. The minimum absolute atomic E-state index is 0.170. The molecule has 0 unspecified atom stereocenters. The summed E-state index contributed by atoms with van der Waals surface area (Å²) in [5.41, 5.74) is 0. The van der Waals surface area contributed by atoms with Crippen molar-refractivity contribution in [3.05, 3.63) is 16.4 Å².